The lowest BCUT2D eigenvalue weighted by Gasteiger charge is -2.09. The number of hydrogen-bond donors (Lipinski definition) is 1. The number of fused-ring (bicyclic) bond motifs is 1. The highest BCUT2D eigenvalue weighted by atomic mass is 16.6. The monoisotopic (exact) mass is 265 g/mol. The standard InChI is InChI=1S/C17H15NO2/c1-3-7-15-12(5-1)9-16(18-15)14-6-2-4-8-17(14)20-11-13-10-19-13/h1-9,13,18H,10-11H2/t13-/m0/s1. The average molecular weight is 265 g/mol. The van der Waals surface area contributed by atoms with E-state index in [9.17, 15) is 0 Å². The first-order chi connectivity index (χ1) is 9.90. The summed E-state index contributed by atoms with van der Waals surface area (Å²) in [5.41, 5.74) is 3.31. The summed E-state index contributed by atoms with van der Waals surface area (Å²) in [6.07, 6.45) is 0.269. The van der Waals surface area contributed by atoms with E-state index in [0.717, 1.165) is 29.1 Å². The van der Waals surface area contributed by atoms with E-state index in [2.05, 4.69) is 29.2 Å². The highest BCUT2D eigenvalue weighted by Crippen LogP contribution is 2.32. The van der Waals surface area contributed by atoms with Gasteiger partial charge in [-0.1, -0.05) is 30.3 Å². The molecule has 0 bridgehead atoms. The first-order valence-electron chi connectivity index (χ1n) is 6.82. The van der Waals surface area contributed by atoms with E-state index in [4.69, 9.17) is 9.47 Å². The van der Waals surface area contributed by atoms with Crippen molar-refractivity contribution in [3.63, 3.8) is 0 Å². The molecule has 0 saturated carbocycles. The molecule has 0 amide bonds. The van der Waals surface area contributed by atoms with E-state index in [1.54, 1.807) is 0 Å². The predicted octanol–water partition coefficient (Wildman–Crippen LogP) is 3.61. The minimum atomic E-state index is 0.269. The molecule has 0 aliphatic carbocycles. The van der Waals surface area contributed by atoms with Crippen LogP contribution >= 0.6 is 0 Å². The number of H-pyrrole nitrogens is 1. The molecule has 3 aromatic rings. The summed E-state index contributed by atoms with van der Waals surface area (Å²) >= 11 is 0. The number of aromatic amines is 1. The van der Waals surface area contributed by atoms with Crippen molar-refractivity contribution in [1.82, 2.24) is 4.98 Å². The second-order valence-corrected chi connectivity index (χ2v) is 5.03. The van der Waals surface area contributed by atoms with Crippen LogP contribution in [0.25, 0.3) is 22.2 Å². The largest absolute Gasteiger partial charge is 0.490 e. The van der Waals surface area contributed by atoms with Gasteiger partial charge in [0.15, 0.2) is 0 Å². The quantitative estimate of drug-likeness (QED) is 0.732. The summed E-state index contributed by atoms with van der Waals surface area (Å²) < 4.78 is 11.1. The van der Waals surface area contributed by atoms with Crippen LogP contribution in [0.4, 0.5) is 0 Å². The minimum absolute atomic E-state index is 0.269. The van der Waals surface area contributed by atoms with Crippen molar-refractivity contribution in [2.45, 2.75) is 6.10 Å². The van der Waals surface area contributed by atoms with Crippen molar-refractivity contribution in [3.8, 4) is 17.0 Å². The van der Waals surface area contributed by atoms with Gasteiger partial charge in [0.2, 0.25) is 0 Å². The Balaban J connectivity index is 1.72. The number of aromatic nitrogens is 1. The van der Waals surface area contributed by atoms with Crippen molar-refractivity contribution >= 4 is 10.9 Å². The number of para-hydroxylation sites is 2. The van der Waals surface area contributed by atoms with Crippen LogP contribution in [0.5, 0.6) is 5.75 Å². The summed E-state index contributed by atoms with van der Waals surface area (Å²) in [6.45, 7) is 1.44. The zero-order chi connectivity index (χ0) is 13.4. The molecule has 2 heterocycles. The molecule has 1 aliphatic rings. The van der Waals surface area contributed by atoms with Gasteiger partial charge < -0.3 is 14.5 Å². The predicted molar refractivity (Wildman–Crippen MR) is 79.0 cm³/mol. The van der Waals surface area contributed by atoms with Crippen LogP contribution in [0.15, 0.2) is 54.6 Å². The molecule has 0 radical (unpaired) electrons. The molecule has 1 aliphatic heterocycles. The van der Waals surface area contributed by atoms with E-state index in [-0.39, 0.29) is 6.10 Å². The normalized spacial score (nSPS) is 17.3. The van der Waals surface area contributed by atoms with Gasteiger partial charge in [-0.2, -0.15) is 0 Å². The smallest absolute Gasteiger partial charge is 0.128 e. The molecule has 3 nitrogen and oxygen atoms in total. The molecule has 1 N–H and O–H groups in total. The average Bonchev–Trinajstić information content (AvgIpc) is 3.22. The zero-order valence-corrected chi connectivity index (χ0v) is 11.0. The third-order valence-electron chi connectivity index (χ3n) is 3.53. The highest BCUT2D eigenvalue weighted by Gasteiger charge is 2.23. The number of ether oxygens (including phenoxy) is 2. The topological polar surface area (TPSA) is 37.5 Å². The van der Waals surface area contributed by atoms with Gasteiger partial charge in [0, 0.05) is 16.5 Å². The van der Waals surface area contributed by atoms with Crippen LogP contribution in [0, 0.1) is 0 Å². The van der Waals surface area contributed by atoms with Crippen molar-refractivity contribution in [2.24, 2.45) is 0 Å². The second-order valence-electron chi connectivity index (χ2n) is 5.03. The van der Waals surface area contributed by atoms with Crippen molar-refractivity contribution in [2.75, 3.05) is 13.2 Å². The summed E-state index contributed by atoms with van der Waals surface area (Å²) in [7, 11) is 0. The Morgan fingerprint density at radius 3 is 2.75 bits per heavy atom. The van der Waals surface area contributed by atoms with Gasteiger partial charge in [-0.15, -0.1) is 0 Å². The fourth-order valence-corrected chi connectivity index (χ4v) is 2.38. The number of rotatable bonds is 4. The summed E-state index contributed by atoms with van der Waals surface area (Å²) in [5, 5.41) is 1.21. The summed E-state index contributed by atoms with van der Waals surface area (Å²) in [6, 6.07) is 18.5. The first-order valence-corrected chi connectivity index (χ1v) is 6.82. The maximum absolute atomic E-state index is 5.87. The number of benzene rings is 2. The Bertz CT molecular complexity index is 710. The number of nitrogens with one attached hydrogen (secondary N) is 1. The SMILES string of the molecule is c1ccc(-c2cc3ccccc3[nH]2)c(OC[C@@H]2CO2)c1. The molecule has 0 unspecified atom stereocenters. The van der Waals surface area contributed by atoms with E-state index in [0.29, 0.717) is 6.61 Å². The van der Waals surface area contributed by atoms with Crippen LogP contribution in [-0.2, 0) is 4.74 Å². The number of epoxide rings is 1. The van der Waals surface area contributed by atoms with E-state index >= 15 is 0 Å². The Hall–Kier alpha value is -2.26. The second kappa shape index (κ2) is 4.69. The van der Waals surface area contributed by atoms with Crippen LogP contribution in [0.3, 0.4) is 0 Å². The molecular weight excluding hydrogens is 250 g/mol. The minimum Gasteiger partial charge on any atom is -0.490 e. The van der Waals surface area contributed by atoms with E-state index < -0.39 is 0 Å². The molecule has 2 aromatic carbocycles. The molecular formula is C17H15NO2. The Labute approximate surface area is 117 Å². The van der Waals surface area contributed by atoms with Crippen molar-refractivity contribution in [1.29, 1.82) is 0 Å². The summed E-state index contributed by atoms with van der Waals surface area (Å²) in [4.78, 5) is 3.44. The molecule has 0 spiro atoms. The maximum Gasteiger partial charge on any atom is 0.128 e. The molecule has 4 rings (SSSR count). The van der Waals surface area contributed by atoms with Crippen molar-refractivity contribution < 1.29 is 9.47 Å². The summed E-state index contributed by atoms with van der Waals surface area (Å²) in [5.74, 6) is 0.898. The Kier molecular flexibility index (Phi) is 2.71. The molecule has 3 heteroatoms. The third kappa shape index (κ3) is 2.17. The van der Waals surface area contributed by atoms with Gasteiger partial charge in [0.25, 0.3) is 0 Å². The molecule has 100 valence electrons. The van der Waals surface area contributed by atoms with Crippen LogP contribution in [-0.4, -0.2) is 24.3 Å². The molecule has 1 atom stereocenters. The molecule has 1 saturated heterocycles. The van der Waals surface area contributed by atoms with Crippen molar-refractivity contribution in [3.05, 3.63) is 54.6 Å². The Morgan fingerprint density at radius 2 is 1.90 bits per heavy atom. The van der Waals surface area contributed by atoms with Crippen LogP contribution in [0.1, 0.15) is 0 Å². The fourth-order valence-electron chi connectivity index (χ4n) is 2.38. The number of hydrogen-bond acceptors (Lipinski definition) is 2. The van der Waals surface area contributed by atoms with Gasteiger partial charge in [-0.25, -0.2) is 0 Å². The van der Waals surface area contributed by atoms with E-state index in [1.165, 1.54) is 5.39 Å². The molecule has 1 fully saturated rings. The highest BCUT2D eigenvalue weighted by molar-refractivity contribution is 5.86. The van der Waals surface area contributed by atoms with E-state index in [1.807, 2.05) is 30.3 Å². The zero-order valence-electron chi connectivity index (χ0n) is 11.0. The molecule has 1 aromatic heterocycles. The molecule has 20 heavy (non-hydrogen) atoms. The van der Waals surface area contributed by atoms with Crippen LogP contribution in [0.2, 0.25) is 0 Å². The van der Waals surface area contributed by atoms with Gasteiger partial charge in [-0.3, -0.25) is 0 Å². The van der Waals surface area contributed by atoms with Crippen LogP contribution < -0.4 is 4.74 Å². The van der Waals surface area contributed by atoms with Gasteiger partial charge in [0.1, 0.15) is 18.5 Å². The van der Waals surface area contributed by atoms with Gasteiger partial charge in [-0.05, 0) is 24.3 Å². The fraction of sp³-hybridized carbons (Fsp3) is 0.176. The lowest BCUT2D eigenvalue weighted by atomic mass is 10.1. The lowest BCUT2D eigenvalue weighted by molar-refractivity contribution is 0.264. The third-order valence-corrected chi connectivity index (χ3v) is 3.53. The maximum atomic E-state index is 5.87. The Morgan fingerprint density at radius 1 is 1.10 bits per heavy atom. The lowest BCUT2D eigenvalue weighted by Crippen LogP contribution is -2.04. The van der Waals surface area contributed by atoms with Gasteiger partial charge in [0.05, 0.1) is 12.3 Å². The first kappa shape index (κ1) is 11.6. The van der Waals surface area contributed by atoms with Gasteiger partial charge >= 0.3 is 0 Å².